The first-order valence-electron chi connectivity index (χ1n) is 5.49. The number of aromatic hydroxyl groups is 1. The van der Waals surface area contributed by atoms with Crippen LogP contribution in [0.15, 0.2) is 18.2 Å². The molecule has 1 spiro atoms. The van der Waals surface area contributed by atoms with Gasteiger partial charge in [0.1, 0.15) is 11.5 Å². The van der Waals surface area contributed by atoms with Crippen molar-refractivity contribution in [2.45, 2.75) is 18.3 Å². The SMILES string of the molecule is O=C1Oc2cc(O)ccc2C12CCNCC2. The lowest BCUT2D eigenvalue weighted by molar-refractivity contribution is -0.139. The minimum absolute atomic E-state index is 0.137. The molecule has 2 aliphatic heterocycles. The molecule has 0 aromatic heterocycles. The summed E-state index contributed by atoms with van der Waals surface area (Å²) in [5, 5.41) is 12.6. The number of carbonyl (C=O) groups excluding carboxylic acids is 1. The van der Waals surface area contributed by atoms with Crippen molar-refractivity contribution in [1.82, 2.24) is 5.32 Å². The molecule has 0 amide bonds. The fourth-order valence-corrected chi connectivity index (χ4v) is 2.63. The Balaban J connectivity index is 2.11. The Morgan fingerprint density at radius 3 is 2.81 bits per heavy atom. The van der Waals surface area contributed by atoms with Crippen molar-refractivity contribution in [3.8, 4) is 11.5 Å². The highest BCUT2D eigenvalue weighted by molar-refractivity contribution is 5.91. The van der Waals surface area contributed by atoms with E-state index in [0.29, 0.717) is 5.75 Å². The summed E-state index contributed by atoms with van der Waals surface area (Å²) in [7, 11) is 0. The second-order valence-corrected chi connectivity index (χ2v) is 4.40. The van der Waals surface area contributed by atoms with Gasteiger partial charge in [-0.2, -0.15) is 0 Å². The van der Waals surface area contributed by atoms with Gasteiger partial charge >= 0.3 is 5.97 Å². The summed E-state index contributed by atoms with van der Waals surface area (Å²) < 4.78 is 5.25. The van der Waals surface area contributed by atoms with Crippen molar-refractivity contribution in [2.75, 3.05) is 13.1 Å². The summed E-state index contributed by atoms with van der Waals surface area (Å²) >= 11 is 0. The number of phenols is 1. The van der Waals surface area contributed by atoms with E-state index >= 15 is 0 Å². The number of phenolic OH excluding ortho intramolecular Hbond substituents is 1. The Bertz CT molecular complexity index is 450. The first-order chi connectivity index (χ1) is 7.72. The zero-order valence-corrected chi connectivity index (χ0v) is 8.82. The lowest BCUT2D eigenvalue weighted by Gasteiger charge is -2.30. The molecule has 3 rings (SSSR count). The number of carbonyl (C=O) groups is 1. The van der Waals surface area contributed by atoms with E-state index in [4.69, 9.17) is 4.74 Å². The summed E-state index contributed by atoms with van der Waals surface area (Å²) in [6.07, 6.45) is 1.53. The van der Waals surface area contributed by atoms with Gasteiger partial charge < -0.3 is 15.2 Å². The summed E-state index contributed by atoms with van der Waals surface area (Å²) in [4.78, 5) is 12.0. The molecule has 4 heteroatoms. The molecule has 0 saturated carbocycles. The molecule has 0 radical (unpaired) electrons. The Hall–Kier alpha value is -1.55. The van der Waals surface area contributed by atoms with Crippen molar-refractivity contribution in [3.63, 3.8) is 0 Å². The van der Waals surface area contributed by atoms with Crippen LogP contribution in [0.2, 0.25) is 0 Å². The van der Waals surface area contributed by atoms with Gasteiger partial charge in [0.2, 0.25) is 0 Å². The molecule has 84 valence electrons. The van der Waals surface area contributed by atoms with Crippen LogP contribution in [0, 0.1) is 0 Å². The van der Waals surface area contributed by atoms with Crippen LogP contribution in [-0.2, 0) is 10.2 Å². The zero-order valence-electron chi connectivity index (χ0n) is 8.82. The van der Waals surface area contributed by atoms with Gasteiger partial charge in [0.05, 0.1) is 5.41 Å². The maximum Gasteiger partial charge on any atom is 0.322 e. The molecule has 2 N–H and O–H groups in total. The van der Waals surface area contributed by atoms with Crippen LogP contribution in [-0.4, -0.2) is 24.2 Å². The Morgan fingerprint density at radius 1 is 1.31 bits per heavy atom. The number of rotatable bonds is 0. The molecule has 4 nitrogen and oxygen atoms in total. The number of esters is 1. The third kappa shape index (κ3) is 1.16. The number of hydrogen-bond donors (Lipinski definition) is 2. The average Bonchev–Trinajstić information content (AvgIpc) is 2.53. The van der Waals surface area contributed by atoms with E-state index in [1.165, 1.54) is 6.07 Å². The second-order valence-electron chi connectivity index (χ2n) is 4.40. The Kier molecular flexibility index (Phi) is 1.94. The zero-order chi connectivity index (χ0) is 11.2. The van der Waals surface area contributed by atoms with Crippen LogP contribution in [0.1, 0.15) is 18.4 Å². The summed E-state index contributed by atoms with van der Waals surface area (Å²) in [6.45, 7) is 1.66. The van der Waals surface area contributed by atoms with Crippen molar-refractivity contribution in [2.24, 2.45) is 0 Å². The van der Waals surface area contributed by atoms with Crippen LogP contribution in [0.3, 0.4) is 0 Å². The normalized spacial score (nSPS) is 21.9. The molecule has 0 unspecified atom stereocenters. The van der Waals surface area contributed by atoms with Crippen LogP contribution < -0.4 is 10.1 Å². The molecule has 0 atom stereocenters. The van der Waals surface area contributed by atoms with E-state index in [0.717, 1.165) is 31.5 Å². The fraction of sp³-hybridized carbons (Fsp3) is 0.417. The van der Waals surface area contributed by atoms with E-state index in [2.05, 4.69) is 5.32 Å². The Labute approximate surface area is 93.2 Å². The van der Waals surface area contributed by atoms with Gasteiger partial charge in [-0.3, -0.25) is 4.79 Å². The number of benzene rings is 1. The van der Waals surface area contributed by atoms with Crippen LogP contribution in [0.5, 0.6) is 11.5 Å². The standard InChI is InChI=1S/C12H13NO3/c14-8-1-2-9-10(7-8)16-11(15)12(9)3-5-13-6-4-12/h1-2,7,13-14H,3-6H2. The van der Waals surface area contributed by atoms with Gasteiger partial charge in [-0.05, 0) is 32.0 Å². The van der Waals surface area contributed by atoms with Crippen molar-refractivity contribution in [3.05, 3.63) is 23.8 Å². The molecular weight excluding hydrogens is 206 g/mol. The van der Waals surface area contributed by atoms with Crippen LogP contribution in [0.4, 0.5) is 0 Å². The number of fused-ring (bicyclic) bond motifs is 2. The summed E-state index contributed by atoms with van der Waals surface area (Å²) in [5.74, 6) is 0.485. The van der Waals surface area contributed by atoms with E-state index in [-0.39, 0.29) is 11.7 Å². The molecule has 16 heavy (non-hydrogen) atoms. The maximum absolute atomic E-state index is 12.0. The molecule has 1 aromatic rings. The van der Waals surface area contributed by atoms with Gasteiger partial charge in [-0.1, -0.05) is 6.07 Å². The molecule has 0 bridgehead atoms. The van der Waals surface area contributed by atoms with Gasteiger partial charge in [-0.25, -0.2) is 0 Å². The molecule has 1 aromatic carbocycles. The number of hydrogen-bond acceptors (Lipinski definition) is 4. The third-order valence-corrected chi connectivity index (χ3v) is 3.53. The third-order valence-electron chi connectivity index (χ3n) is 3.53. The highest BCUT2D eigenvalue weighted by Gasteiger charge is 2.49. The van der Waals surface area contributed by atoms with Crippen molar-refractivity contribution >= 4 is 5.97 Å². The van der Waals surface area contributed by atoms with Crippen molar-refractivity contribution < 1.29 is 14.6 Å². The molecule has 2 heterocycles. The van der Waals surface area contributed by atoms with Gasteiger partial charge in [0.15, 0.2) is 0 Å². The van der Waals surface area contributed by atoms with E-state index in [1.54, 1.807) is 12.1 Å². The van der Waals surface area contributed by atoms with E-state index in [9.17, 15) is 9.90 Å². The van der Waals surface area contributed by atoms with Gasteiger partial charge in [0, 0.05) is 11.6 Å². The van der Waals surface area contributed by atoms with Crippen LogP contribution >= 0.6 is 0 Å². The highest BCUT2D eigenvalue weighted by atomic mass is 16.5. The Morgan fingerprint density at radius 2 is 2.06 bits per heavy atom. The number of nitrogens with one attached hydrogen (secondary N) is 1. The topological polar surface area (TPSA) is 58.6 Å². The minimum Gasteiger partial charge on any atom is -0.508 e. The number of piperidine rings is 1. The highest BCUT2D eigenvalue weighted by Crippen LogP contribution is 2.46. The predicted molar refractivity (Wildman–Crippen MR) is 57.5 cm³/mol. The van der Waals surface area contributed by atoms with Gasteiger partial charge in [0.25, 0.3) is 0 Å². The minimum atomic E-state index is -0.478. The van der Waals surface area contributed by atoms with Gasteiger partial charge in [-0.15, -0.1) is 0 Å². The maximum atomic E-state index is 12.0. The number of ether oxygens (including phenoxy) is 1. The molecule has 2 aliphatic rings. The van der Waals surface area contributed by atoms with E-state index in [1.807, 2.05) is 0 Å². The molecule has 1 saturated heterocycles. The first kappa shape index (κ1) is 9.66. The lowest BCUT2D eigenvalue weighted by Crippen LogP contribution is -2.44. The second kappa shape index (κ2) is 3.22. The predicted octanol–water partition coefficient (Wildman–Crippen LogP) is 0.932. The van der Waals surface area contributed by atoms with Crippen LogP contribution in [0.25, 0.3) is 0 Å². The smallest absolute Gasteiger partial charge is 0.322 e. The summed E-state index contributed by atoms with van der Waals surface area (Å²) in [6, 6.07) is 4.94. The molecule has 0 aliphatic carbocycles. The largest absolute Gasteiger partial charge is 0.508 e. The fourth-order valence-electron chi connectivity index (χ4n) is 2.63. The average molecular weight is 219 g/mol. The monoisotopic (exact) mass is 219 g/mol. The molecular formula is C12H13NO3. The lowest BCUT2D eigenvalue weighted by atomic mass is 9.74. The molecule has 1 fully saturated rings. The van der Waals surface area contributed by atoms with Crippen molar-refractivity contribution in [1.29, 1.82) is 0 Å². The summed E-state index contributed by atoms with van der Waals surface area (Å²) in [5.41, 5.74) is 0.450. The first-order valence-corrected chi connectivity index (χ1v) is 5.49. The quantitative estimate of drug-likeness (QED) is 0.503. The van der Waals surface area contributed by atoms with E-state index < -0.39 is 5.41 Å².